The number of nitrogens with one attached hydrogen (secondary N) is 4. The molecule has 276 valence electrons. The summed E-state index contributed by atoms with van der Waals surface area (Å²) in [6.45, 7) is 5.93. The predicted octanol–water partition coefficient (Wildman–Crippen LogP) is -1.22. The van der Waals surface area contributed by atoms with Crippen molar-refractivity contribution in [2.24, 2.45) is 17.6 Å². The molecule has 0 aliphatic heterocycles. The number of aliphatic hydroxyl groups excluding tert-OH is 2. The summed E-state index contributed by atoms with van der Waals surface area (Å²) in [7, 11) is -0.587. The van der Waals surface area contributed by atoms with Gasteiger partial charge in [-0.05, 0) is 56.0 Å². The largest absolute Gasteiger partial charge is 0.475 e. The molecule has 0 fully saturated rings. The zero-order valence-electron chi connectivity index (χ0n) is 29.1. The van der Waals surface area contributed by atoms with Crippen LogP contribution in [-0.4, -0.2) is 119 Å². The third-order valence-electron chi connectivity index (χ3n) is 7.58. The van der Waals surface area contributed by atoms with E-state index in [1.165, 1.54) is 7.05 Å². The van der Waals surface area contributed by atoms with E-state index in [0.29, 0.717) is 24.9 Å². The number of nitrogens with two attached hydrogens (primary N) is 1. The van der Waals surface area contributed by atoms with Crippen molar-refractivity contribution in [3.8, 4) is 0 Å². The maximum absolute atomic E-state index is 13.5. The van der Waals surface area contributed by atoms with Gasteiger partial charge in [-0.15, -0.1) is 0 Å². The summed E-state index contributed by atoms with van der Waals surface area (Å²) < 4.78 is 5.21. The van der Waals surface area contributed by atoms with E-state index >= 15 is 0 Å². The molecule has 0 unspecified atom stereocenters. The van der Waals surface area contributed by atoms with Gasteiger partial charge in [-0.2, -0.15) is 0 Å². The summed E-state index contributed by atoms with van der Waals surface area (Å²) in [5.74, 6) is -4.22. The molecule has 0 saturated heterocycles. The van der Waals surface area contributed by atoms with E-state index in [0.717, 1.165) is 4.90 Å². The number of likely N-dealkylation sites (N-methyl/N-ethyl adjacent to an activating group) is 1. The van der Waals surface area contributed by atoms with Crippen LogP contribution in [0.15, 0.2) is 30.3 Å². The van der Waals surface area contributed by atoms with E-state index in [4.69, 9.17) is 10.5 Å². The molecule has 5 atom stereocenters. The molecule has 1 aromatic rings. The Labute approximate surface area is 288 Å². The molecule has 0 aliphatic carbocycles. The molecule has 0 aromatic heterocycles. The molecule has 5 amide bonds. The first-order chi connectivity index (χ1) is 23.1. The topological polar surface area (TPSA) is 253 Å². The maximum atomic E-state index is 13.5. The van der Waals surface area contributed by atoms with Crippen molar-refractivity contribution in [2.45, 2.75) is 96.5 Å². The fraction of sp³-hybridized carbons (Fsp3) is 0.656. The Morgan fingerprint density at radius 1 is 0.776 bits per heavy atom. The number of amides is 5. The Morgan fingerprint density at radius 2 is 1.33 bits per heavy atom. The average Bonchev–Trinajstić information content (AvgIpc) is 3.05. The first-order valence-electron chi connectivity index (χ1n) is 16.6. The van der Waals surface area contributed by atoms with E-state index in [9.17, 15) is 44.2 Å². The van der Waals surface area contributed by atoms with Gasteiger partial charge in [0.15, 0.2) is 0 Å². The molecule has 0 radical (unpaired) electrons. The van der Waals surface area contributed by atoms with Gasteiger partial charge >= 0.3 is 13.2 Å². The zero-order chi connectivity index (χ0) is 37.1. The van der Waals surface area contributed by atoms with Crippen molar-refractivity contribution in [1.29, 1.82) is 0 Å². The average molecular weight is 695 g/mol. The van der Waals surface area contributed by atoms with Crippen molar-refractivity contribution < 1.29 is 49.0 Å². The summed E-state index contributed by atoms with van der Waals surface area (Å²) in [5.41, 5.74) is 6.31. The molecule has 17 heteroatoms. The molecule has 10 N–H and O–H groups in total. The Balaban J connectivity index is 3.04. The number of aliphatic hydroxyl groups is 2. The number of hydrogen-bond donors (Lipinski definition) is 9. The van der Waals surface area contributed by atoms with E-state index in [2.05, 4.69) is 21.3 Å². The second kappa shape index (κ2) is 22.8. The molecule has 0 spiro atoms. The standard InChI is InChI=1S/C32H55BN6O10/c1-20(2)15-24(29(43)38-27(33(47)48)16-21(3)4)36-28(42)23(13-9-10-14-34)35-30(44)25(17-40)37-31(45)26(18-41)39(5)32(46)49-19-22-11-7-6-8-12-22/h6-8,11-12,20-21,23-27,40-41,47-48H,9-10,13-19,34H2,1-5H3,(H,35,44)(H,36,42)(H,37,45)(H,38,43)/t23-,24-,25-,26-,27-/m0/s1. The molecule has 0 heterocycles. The quantitative estimate of drug-likeness (QED) is 0.0514. The van der Waals surface area contributed by atoms with E-state index < -0.39 is 80.2 Å². The van der Waals surface area contributed by atoms with E-state index in [1.54, 1.807) is 30.3 Å². The Hall–Kier alpha value is -3.77. The van der Waals surface area contributed by atoms with Crippen LogP contribution in [0.4, 0.5) is 4.79 Å². The van der Waals surface area contributed by atoms with Crippen molar-refractivity contribution in [3.63, 3.8) is 0 Å². The number of carbonyl (C=O) groups excluding carboxylic acids is 5. The number of rotatable bonds is 22. The van der Waals surface area contributed by atoms with Crippen LogP contribution in [0.25, 0.3) is 0 Å². The highest BCUT2D eigenvalue weighted by molar-refractivity contribution is 6.43. The summed E-state index contributed by atoms with van der Waals surface area (Å²) in [5, 5.41) is 49.5. The molecule has 0 aliphatic rings. The van der Waals surface area contributed by atoms with Crippen molar-refractivity contribution in [1.82, 2.24) is 26.2 Å². The minimum Gasteiger partial charge on any atom is -0.445 e. The van der Waals surface area contributed by atoms with Gasteiger partial charge in [0.2, 0.25) is 23.6 Å². The third kappa shape index (κ3) is 16.0. The van der Waals surface area contributed by atoms with Crippen LogP contribution in [0, 0.1) is 11.8 Å². The first kappa shape index (κ1) is 43.3. The van der Waals surface area contributed by atoms with Crippen LogP contribution in [0.5, 0.6) is 0 Å². The third-order valence-corrected chi connectivity index (χ3v) is 7.58. The maximum Gasteiger partial charge on any atom is 0.475 e. The molecule has 49 heavy (non-hydrogen) atoms. The van der Waals surface area contributed by atoms with Gasteiger partial charge in [0.25, 0.3) is 0 Å². The van der Waals surface area contributed by atoms with E-state index in [-0.39, 0.29) is 37.7 Å². The predicted molar refractivity (Wildman–Crippen MR) is 182 cm³/mol. The lowest BCUT2D eigenvalue weighted by Crippen LogP contribution is -2.60. The second-order valence-electron chi connectivity index (χ2n) is 12.8. The Morgan fingerprint density at radius 3 is 1.86 bits per heavy atom. The molecule has 0 saturated carbocycles. The molecule has 1 rings (SSSR count). The lowest BCUT2D eigenvalue weighted by Gasteiger charge is -2.28. The van der Waals surface area contributed by atoms with Gasteiger partial charge < -0.3 is 52.0 Å². The van der Waals surface area contributed by atoms with Gasteiger partial charge in [0.05, 0.1) is 19.2 Å². The number of benzene rings is 1. The van der Waals surface area contributed by atoms with Crippen LogP contribution < -0.4 is 27.0 Å². The van der Waals surface area contributed by atoms with Crippen LogP contribution >= 0.6 is 0 Å². The van der Waals surface area contributed by atoms with Gasteiger partial charge in [0.1, 0.15) is 30.8 Å². The number of carbonyl (C=O) groups is 5. The van der Waals surface area contributed by atoms with Crippen LogP contribution in [0.1, 0.15) is 65.4 Å². The van der Waals surface area contributed by atoms with Gasteiger partial charge in [0, 0.05) is 7.05 Å². The monoisotopic (exact) mass is 694 g/mol. The van der Waals surface area contributed by atoms with Crippen molar-refractivity contribution in [2.75, 3.05) is 26.8 Å². The highest BCUT2D eigenvalue weighted by atomic mass is 16.6. The normalized spacial score (nSPS) is 14.2. The van der Waals surface area contributed by atoms with Gasteiger partial charge in [-0.1, -0.05) is 58.0 Å². The first-order valence-corrected chi connectivity index (χ1v) is 16.6. The van der Waals surface area contributed by atoms with Gasteiger partial charge in [-0.3, -0.25) is 24.1 Å². The minimum atomic E-state index is -1.82. The summed E-state index contributed by atoms with van der Waals surface area (Å²) in [6, 6.07) is 3.47. The van der Waals surface area contributed by atoms with Crippen LogP contribution in [-0.2, 0) is 30.5 Å². The number of unbranched alkanes of at least 4 members (excludes halogenated alkanes) is 1. The molecule has 16 nitrogen and oxygen atoms in total. The zero-order valence-corrected chi connectivity index (χ0v) is 29.1. The molecular weight excluding hydrogens is 639 g/mol. The van der Waals surface area contributed by atoms with Crippen molar-refractivity contribution >= 4 is 36.8 Å². The van der Waals surface area contributed by atoms with Crippen LogP contribution in [0.3, 0.4) is 0 Å². The number of ether oxygens (including phenoxy) is 1. The number of nitrogens with zero attached hydrogens (tertiary/aromatic N) is 1. The second-order valence-corrected chi connectivity index (χ2v) is 12.8. The van der Waals surface area contributed by atoms with E-state index in [1.807, 2.05) is 27.7 Å². The summed E-state index contributed by atoms with van der Waals surface area (Å²) >= 11 is 0. The smallest absolute Gasteiger partial charge is 0.445 e. The summed E-state index contributed by atoms with van der Waals surface area (Å²) in [4.78, 5) is 66.4. The van der Waals surface area contributed by atoms with Crippen LogP contribution in [0.2, 0.25) is 0 Å². The fourth-order valence-electron chi connectivity index (χ4n) is 4.85. The Bertz CT molecular complexity index is 1180. The molecular formula is C32H55BN6O10. The highest BCUT2D eigenvalue weighted by Crippen LogP contribution is 2.11. The number of hydrogen-bond acceptors (Lipinski definition) is 11. The lowest BCUT2D eigenvalue weighted by atomic mass is 9.75. The van der Waals surface area contributed by atoms with Crippen molar-refractivity contribution in [3.05, 3.63) is 35.9 Å². The van der Waals surface area contributed by atoms with Gasteiger partial charge in [-0.25, -0.2) is 4.79 Å². The summed E-state index contributed by atoms with van der Waals surface area (Å²) in [6.07, 6.45) is 0.615. The minimum absolute atomic E-state index is 0.0360. The molecule has 1 aromatic carbocycles. The lowest BCUT2D eigenvalue weighted by molar-refractivity contribution is -0.135. The highest BCUT2D eigenvalue weighted by Gasteiger charge is 2.34. The molecule has 0 bridgehead atoms. The Kier molecular flexibility index (Phi) is 20.1. The fourth-order valence-corrected chi connectivity index (χ4v) is 4.85. The SMILES string of the molecule is CC(C)C[C@H](NC(=O)[C@H](CC(C)C)NC(=O)[C@H](CCCCN)NC(=O)[C@H](CO)NC(=O)[C@H](CO)N(C)C(=O)OCc1ccccc1)B(O)O.